The van der Waals surface area contributed by atoms with Gasteiger partial charge in [-0.05, 0) is 43.5 Å². The summed E-state index contributed by atoms with van der Waals surface area (Å²) >= 11 is 0. The second-order valence-electron chi connectivity index (χ2n) is 8.81. The molecule has 154 valence electrons. The SMILES string of the molecule is C1=CCC(n2c3ccccc3c3c4c(ccc32)c2c(n4-c3ccccc3)=CCCC=2)C=C1. The molecule has 2 aliphatic carbocycles. The minimum Gasteiger partial charge on any atom is -0.333 e. The first-order chi connectivity index (χ1) is 15.9. The van der Waals surface area contributed by atoms with E-state index in [1.165, 1.54) is 49.0 Å². The van der Waals surface area contributed by atoms with Crippen LogP contribution in [-0.4, -0.2) is 9.13 Å². The van der Waals surface area contributed by atoms with Gasteiger partial charge in [-0.15, -0.1) is 0 Å². The average Bonchev–Trinajstić information content (AvgIpc) is 3.38. The molecule has 1 atom stereocenters. The van der Waals surface area contributed by atoms with Crippen LogP contribution in [-0.2, 0) is 0 Å². The van der Waals surface area contributed by atoms with E-state index in [4.69, 9.17) is 0 Å². The zero-order valence-electron chi connectivity index (χ0n) is 17.9. The Hall–Kier alpha value is -3.78. The molecule has 0 amide bonds. The van der Waals surface area contributed by atoms with E-state index in [2.05, 4.69) is 112 Å². The number of hydrogen-bond donors (Lipinski definition) is 0. The zero-order chi connectivity index (χ0) is 21.1. The summed E-state index contributed by atoms with van der Waals surface area (Å²) in [5.41, 5.74) is 5.19. The third-order valence-corrected chi connectivity index (χ3v) is 7.04. The van der Waals surface area contributed by atoms with E-state index >= 15 is 0 Å². The van der Waals surface area contributed by atoms with Gasteiger partial charge in [0.05, 0.1) is 17.1 Å². The van der Waals surface area contributed by atoms with Gasteiger partial charge in [0.25, 0.3) is 0 Å². The van der Waals surface area contributed by atoms with Crippen LogP contribution in [0.1, 0.15) is 25.3 Å². The van der Waals surface area contributed by atoms with Gasteiger partial charge >= 0.3 is 0 Å². The quantitative estimate of drug-likeness (QED) is 0.329. The molecule has 0 spiro atoms. The molecule has 0 saturated carbocycles. The molecule has 2 nitrogen and oxygen atoms in total. The fourth-order valence-electron chi connectivity index (χ4n) is 5.73. The molecule has 0 radical (unpaired) electrons. The Morgan fingerprint density at radius 3 is 2.44 bits per heavy atom. The molecular weight excluding hydrogens is 388 g/mol. The summed E-state index contributed by atoms with van der Waals surface area (Å²) < 4.78 is 5.04. The highest BCUT2D eigenvalue weighted by atomic mass is 15.0. The smallest absolute Gasteiger partial charge is 0.0641 e. The molecule has 2 heteroatoms. The topological polar surface area (TPSA) is 9.86 Å². The van der Waals surface area contributed by atoms with Crippen LogP contribution in [0.2, 0.25) is 0 Å². The van der Waals surface area contributed by atoms with Crippen LogP contribution < -0.4 is 10.6 Å². The van der Waals surface area contributed by atoms with E-state index in [1.807, 2.05) is 0 Å². The summed E-state index contributed by atoms with van der Waals surface area (Å²) in [5, 5.41) is 6.77. The molecule has 0 saturated heterocycles. The second kappa shape index (κ2) is 6.86. The predicted molar refractivity (Wildman–Crippen MR) is 136 cm³/mol. The van der Waals surface area contributed by atoms with E-state index < -0.39 is 0 Å². The lowest BCUT2D eigenvalue weighted by molar-refractivity contribution is 0.648. The third-order valence-electron chi connectivity index (χ3n) is 7.04. The molecule has 3 aromatic carbocycles. The maximum absolute atomic E-state index is 2.54. The number of para-hydroxylation sites is 2. The molecule has 0 N–H and O–H groups in total. The van der Waals surface area contributed by atoms with Gasteiger partial charge in [0.15, 0.2) is 0 Å². The zero-order valence-corrected chi connectivity index (χ0v) is 17.9. The van der Waals surface area contributed by atoms with Gasteiger partial charge in [-0.3, -0.25) is 0 Å². The Morgan fingerprint density at radius 2 is 1.56 bits per heavy atom. The minimum atomic E-state index is 0.340. The summed E-state index contributed by atoms with van der Waals surface area (Å²) in [4.78, 5) is 0. The van der Waals surface area contributed by atoms with Crippen LogP contribution in [0.4, 0.5) is 0 Å². The summed E-state index contributed by atoms with van der Waals surface area (Å²) in [6.07, 6.45) is 17.0. The minimum absolute atomic E-state index is 0.340. The maximum atomic E-state index is 2.54. The molecular formula is C30H24N2. The highest BCUT2D eigenvalue weighted by molar-refractivity contribution is 6.20. The van der Waals surface area contributed by atoms with Gasteiger partial charge in [-0.2, -0.15) is 0 Å². The summed E-state index contributed by atoms with van der Waals surface area (Å²) in [5.74, 6) is 0. The fraction of sp³-hybridized carbons (Fsp3) is 0.133. The molecule has 5 aromatic rings. The summed E-state index contributed by atoms with van der Waals surface area (Å²) in [6, 6.07) is 24.8. The van der Waals surface area contributed by atoms with Crippen LogP contribution in [0.15, 0.2) is 91.0 Å². The molecule has 0 aliphatic heterocycles. The molecule has 2 aromatic heterocycles. The van der Waals surface area contributed by atoms with Crippen LogP contribution in [0, 0.1) is 0 Å². The Labute approximate surface area is 186 Å². The van der Waals surface area contributed by atoms with Crippen molar-refractivity contribution in [1.29, 1.82) is 0 Å². The molecule has 32 heavy (non-hydrogen) atoms. The highest BCUT2D eigenvalue weighted by Gasteiger charge is 2.21. The fourth-order valence-corrected chi connectivity index (χ4v) is 5.73. The number of aromatic nitrogens is 2. The number of allylic oxidation sites excluding steroid dienone is 4. The normalized spacial score (nSPS) is 17.6. The number of rotatable bonds is 2. The first kappa shape index (κ1) is 17.9. The van der Waals surface area contributed by atoms with Crippen molar-refractivity contribution in [3.05, 3.63) is 102 Å². The average molecular weight is 413 g/mol. The van der Waals surface area contributed by atoms with Crippen LogP contribution >= 0.6 is 0 Å². The highest BCUT2D eigenvalue weighted by Crippen LogP contribution is 2.38. The largest absolute Gasteiger partial charge is 0.333 e. The lowest BCUT2D eigenvalue weighted by Crippen LogP contribution is -2.30. The van der Waals surface area contributed by atoms with E-state index in [1.54, 1.807) is 0 Å². The Balaban J connectivity index is 1.73. The van der Waals surface area contributed by atoms with E-state index in [0.717, 1.165) is 19.3 Å². The molecule has 0 fully saturated rings. The molecule has 1 unspecified atom stereocenters. The van der Waals surface area contributed by atoms with Gasteiger partial charge < -0.3 is 9.13 Å². The first-order valence-electron chi connectivity index (χ1n) is 11.6. The van der Waals surface area contributed by atoms with Crippen molar-refractivity contribution < 1.29 is 0 Å². The van der Waals surface area contributed by atoms with Gasteiger partial charge in [0.2, 0.25) is 0 Å². The lowest BCUT2D eigenvalue weighted by Gasteiger charge is -2.18. The number of fused-ring (bicyclic) bond motifs is 7. The van der Waals surface area contributed by atoms with Crippen molar-refractivity contribution >= 4 is 44.9 Å². The molecule has 2 heterocycles. The first-order valence-corrected chi connectivity index (χ1v) is 11.6. The van der Waals surface area contributed by atoms with Crippen LogP contribution in [0.5, 0.6) is 0 Å². The predicted octanol–water partition coefficient (Wildman–Crippen LogP) is 6.15. The van der Waals surface area contributed by atoms with Gasteiger partial charge in [0, 0.05) is 37.9 Å². The lowest BCUT2D eigenvalue weighted by atomic mass is 10.1. The monoisotopic (exact) mass is 412 g/mol. The van der Waals surface area contributed by atoms with E-state index in [0.29, 0.717) is 6.04 Å². The number of hydrogen-bond acceptors (Lipinski definition) is 0. The summed E-state index contributed by atoms with van der Waals surface area (Å²) in [6.45, 7) is 0. The van der Waals surface area contributed by atoms with Crippen molar-refractivity contribution in [1.82, 2.24) is 9.13 Å². The standard InChI is InChI=1S/C30H24N2/c1-3-11-21(12-4-1)31-27-18-10-8-16-25(27)29-28(31)20-19-24-23-15-7-9-17-26(23)32(30(24)29)22-13-5-2-6-14-22/h1-6,8,10-11,13-21H,7,9,12H2. The second-order valence-corrected chi connectivity index (χ2v) is 8.81. The van der Waals surface area contributed by atoms with Crippen molar-refractivity contribution in [2.45, 2.75) is 25.3 Å². The van der Waals surface area contributed by atoms with Gasteiger partial charge in [-0.1, -0.05) is 78.9 Å². The summed E-state index contributed by atoms with van der Waals surface area (Å²) in [7, 11) is 0. The van der Waals surface area contributed by atoms with Crippen molar-refractivity contribution in [3.8, 4) is 5.69 Å². The molecule has 0 bridgehead atoms. The van der Waals surface area contributed by atoms with Crippen molar-refractivity contribution in [2.24, 2.45) is 0 Å². The van der Waals surface area contributed by atoms with Crippen molar-refractivity contribution in [2.75, 3.05) is 0 Å². The maximum Gasteiger partial charge on any atom is 0.0641 e. The van der Waals surface area contributed by atoms with Crippen LogP contribution in [0.25, 0.3) is 50.5 Å². The molecule has 2 aliphatic rings. The Bertz CT molecular complexity index is 1690. The van der Waals surface area contributed by atoms with Crippen LogP contribution in [0.3, 0.4) is 0 Å². The van der Waals surface area contributed by atoms with Gasteiger partial charge in [-0.25, -0.2) is 0 Å². The van der Waals surface area contributed by atoms with E-state index in [9.17, 15) is 0 Å². The molecule has 7 rings (SSSR count). The van der Waals surface area contributed by atoms with Crippen molar-refractivity contribution in [3.63, 3.8) is 0 Å². The van der Waals surface area contributed by atoms with Gasteiger partial charge in [0.1, 0.15) is 0 Å². The Morgan fingerprint density at radius 1 is 0.719 bits per heavy atom. The Kier molecular flexibility index (Phi) is 3.83. The third kappa shape index (κ3) is 2.41. The number of benzene rings is 3. The number of nitrogens with zero attached hydrogens (tertiary/aromatic N) is 2. The van der Waals surface area contributed by atoms with E-state index in [-0.39, 0.29) is 0 Å².